The molecule has 6 heteroatoms. The number of hydrogen-bond donors (Lipinski definition) is 1. The average Bonchev–Trinajstić information content (AvgIpc) is 3.07. The van der Waals surface area contributed by atoms with Crippen LogP contribution in [-0.4, -0.2) is 15.2 Å². The van der Waals surface area contributed by atoms with Crippen LogP contribution in [0.1, 0.15) is 12.5 Å². The maximum atomic E-state index is 5.59. The van der Waals surface area contributed by atoms with Crippen molar-refractivity contribution in [1.29, 1.82) is 0 Å². The van der Waals surface area contributed by atoms with Gasteiger partial charge in [-0.25, -0.2) is 4.98 Å². The molecule has 0 saturated carbocycles. The fourth-order valence-corrected chi connectivity index (χ4v) is 3.29. The number of nitrogens with two attached hydrogens (primary N) is 1. The van der Waals surface area contributed by atoms with E-state index in [9.17, 15) is 0 Å². The Morgan fingerprint density at radius 3 is 2.47 bits per heavy atom. The first-order valence-electron chi connectivity index (χ1n) is 5.90. The number of rotatable bonds is 3. The van der Waals surface area contributed by atoms with Gasteiger partial charge >= 0.3 is 0 Å². The van der Waals surface area contributed by atoms with Gasteiger partial charge in [0.25, 0.3) is 0 Å². The molecular formula is C13H12N4S2. The summed E-state index contributed by atoms with van der Waals surface area (Å²) in [4.78, 5) is 5.45. The highest BCUT2D eigenvalue weighted by molar-refractivity contribution is 7.24. The number of nitrogen functional groups attached to an aromatic ring is 1. The lowest BCUT2D eigenvalue weighted by Gasteiger charge is -1.98. The van der Waals surface area contributed by atoms with Gasteiger partial charge in [0.15, 0.2) is 5.01 Å². The number of benzene rings is 1. The summed E-state index contributed by atoms with van der Waals surface area (Å²) in [6, 6.07) is 8.49. The van der Waals surface area contributed by atoms with Crippen molar-refractivity contribution in [3.63, 3.8) is 0 Å². The molecule has 2 aromatic heterocycles. The number of aromatic nitrogens is 3. The van der Waals surface area contributed by atoms with Crippen LogP contribution < -0.4 is 5.73 Å². The topological polar surface area (TPSA) is 64.7 Å². The van der Waals surface area contributed by atoms with Crippen LogP contribution >= 0.6 is 22.7 Å². The maximum Gasteiger partial charge on any atom is 0.203 e. The van der Waals surface area contributed by atoms with Crippen LogP contribution in [0.15, 0.2) is 30.5 Å². The quantitative estimate of drug-likeness (QED) is 0.801. The van der Waals surface area contributed by atoms with Crippen molar-refractivity contribution >= 4 is 27.8 Å². The summed E-state index contributed by atoms with van der Waals surface area (Å²) in [7, 11) is 0. The molecule has 4 nitrogen and oxygen atoms in total. The average molecular weight is 288 g/mol. The normalized spacial score (nSPS) is 10.8. The molecule has 0 fully saturated rings. The predicted molar refractivity (Wildman–Crippen MR) is 80.2 cm³/mol. The molecule has 3 aromatic rings. The second-order valence-electron chi connectivity index (χ2n) is 4.03. The summed E-state index contributed by atoms with van der Waals surface area (Å²) in [5.74, 6) is 0. The number of aryl methyl sites for hydroxylation is 1. The van der Waals surface area contributed by atoms with Crippen LogP contribution in [0.2, 0.25) is 0 Å². The van der Waals surface area contributed by atoms with Crippen molar-refractivity contribution in [2.24, 2.45) is 0 Å². The zero-order chi connectivity index (χ0) is 13.2. The van der Waals surface area contributed by atoms with Crippen molar-refractivity contribution in [2.45, 2.75) is 13.3 Å². The van der Waals surface area contributed by atoms with Gasteiger partial charge in [-0.05, 0) is 12.0 Å². The zero-order valence-corrected chi connectivity index (χ0v) is 12.0. The maximum absolute atomic E-state index is 5.59. The van der Waals surface area contributed by atoms with Gasteiger partial charge in [-0.1, -0.05) is 42.5 Å². The molecule has 3 rings (SSSR count). The van der Waals surface area contributed by atoms with Crippen LogP contribution in [0.4, 0.5) is 5.13 Å². The Morgan fingerprint density at radius 1 is 1.05 bits per heavy atom. The molecule has 2 heterocycles. The minimum Gasteiger partial charge on any atom is -0.374 e. The van der Waals surface area contributed by atoms with Crippen LogP contribution in [0.25, 0.3) is 20.5 Å². The molecule has 0 aliphatic carbocycles. The molecule has 2 N–H and O–H groups in total. The summed E-state index contributed by atoms with van der Waals surface area (Å²) in [5.41, 5.74) is 8.06. The van der Waals surface area contributed by atoms with Gasteiger partial charge in [-0.3, -0.25) is 0 Å². The Balaban J connectivity index is 1.91. The van der Waals surface area contributed by atoms with Crippen molar-refractivity contribution in [3.05, 3.63) is 36.0 Å². The van der Waals surface area contributed by atoms with E-state index in [4.69, 9.17) is 5.73 Å². The van der Waals surface area contributed by atoms with Crippen LogP contribution in [0, 0.1) is 0 Å². The largest absolute Gasteiger partial charge is 0.374 e. The van der Waals surface area contributed by atoms with E-state index in [1.54, 1.807) is 11.3 Å². The summed E-state index contributed by atoms with van der Waals surface area (Å²) in [5, 5.41) is 10.2. The Hall–Kier alpha value is -1.79. The van der Waals surface area contributed by atoms with Crippen molar-refractivity contribution < 1.29 is 0 Å². The van der Waals surface area contributed by atoms with Gasteiger partial charge in [0.05, 0.1) is 4.88 Å². The molecule has 0 spiro atoms. The first-order valence-corrected chi connectivity index (χ1v) is 7.54. The second-order valence-corrected chi connectivity index (χ2v) is 6.07. The van der Waals surface area contributed by atoms with Crippen molar-refractivity contribution in [1.82, 2.24) is 15.2 Å². The van der Waals surface area contributed by atoms with E-state index < -0.39 is 0 Å². The Labute approximate surface area is 119 Å². The highest BCUT2D eigenvalue weighted by Crippen LogP contribution is 2.34. The Bertz CT molecular complexity index is 685. The second kappa shape index (κ2) is 5.07. The molecule has 0 bridgehead atoms. The molecule has 1 aromatic carbocycles. The summed E-state index contributed by atoms with van der Waals surface area (Å²) in [6.07, 6.45) is 2.88. The predicted octanol–water partition coefficient (Wildman–Crippen LogP) is 3.47. The third kappa shape index (κ3) is 2.50. The number of anilines is 1. The van der Waals surface area contributed by atoms with Crippen LogP contribution in [0.5, 0.6) is 0 Å². The highest BCUT2D eigenvalue weighted by Gasteiger charge is 2.10. The SMILES string of the molecule is CCc1ccc(-c2ncc(-c3nnc(N)s3)s2)cc1. The van der Waals surface area contributed by atoms with Gasteiger partial charge in [0.1, 0.15) is 5.01 Å². The first-order chi connectivity index (χ1) is 9.26. The van der Waals surface area contributed by atoms with E-state index in [2.05, 4.69) is 46.4 Å². The van der Waals surface area contributed by atoms with Gasteiger partial charge in [-0.2, -0.15) is 0 Å². The van der Waals surface area contributed by atoms with Crippen LogP contribution in [0.3, 0.4) is 0 Å². The van der Waals surface area contributed by atoms with E-state index in [0.29, 0.717) is 5.13 Å². The Kier molecular flexibility index (Phi) is 3.27. The van der Waals surface area contributed by atoms with E-state index >= 15 is 0 Å². The third-order valence-electron chi connectivity index (χ3n) is 2.77. The summed E-state index contributed by atoms with van der Waals surface area (Å²) >= 11 is 2.99. The van der Waals surface area contributed by atoms with E-state index in [0.717, 1.165) is 26.9 Å². The summed E-state index contributed by atoms with van der Waals surface area (Å²) < 4.78 is 0. The molecule has 0 aliphatic rings. The van der Waals surface area contributed by atoms with Crippen molar-refractivity contribution in [3.8, 4) is 20.5 Å². The molecule has 19 heavy (non-hydrogen) atoms. The first kappa shape index (κ1) is 12.3. The zero-order valence-electron chi connectivity index (χ0n) is 10.3. The van der Waals surface area contributed by atoms with Crippen molar-refractivity contribution in [2.75, 3.05) is 5.73 Å². The number of hydrogen-bond acceptors (Lipinski definition) is 6. The van der Waals surface area contributed by atoms with E-state index in [1.807, 2.05) is 6.20 Å². The monoisotopic (exact) mass is 288 g/mol. The molecule has 0 atom stereocenters. The lowest BCUT2D eigenvalue weighted by atomic mass is 10.1. The standard InChI is InChI=1S/C13H12N4S2/c1-2-8-3-5-9(6-4-8)11-15-7-10(18-11)12-16-17-13(14)19-12/h3-7H,2H2,1H3,(H2,14,17). The fraction of sp³-hybridized carbons (Fsp3) is 0.154. The minimum atomic E-state index is 0.484. The molecular weight excluding hydrogens is 276 g/mol. The van der Waals surface area contributed by atoms with Crippen LogP contribution in [-0.2, 0) is 6.42 Å². The minimum absolute atomic E-state index is 0.484. The molecule has 0 amide bonds. The number of nitrogens with zero attached hydrogens (tertiary/aromatic N) is 3. The van der Waals surface area contributed by atoms with Gasteiger partial charge < -0.3 is 5.73 Å². The lowest BCUT2D eigenvalue weighted by molar-refractivity contribution is 1.10. The molecule has 96 valence electrons. The molecule has 0 saturated heterocycles. The van der Waals surface area contributed by atoms with Gasteiger partial charge in [-0.15, -0.1) is 21.5 Å². The number of thiazole rings is 1. The third-order valence-corrected chi connectivity index (χ3v) is 4.73. The fourth-order valence-electron chi connectivity index (χ4n) is 1.72. The van der Waals surface area contributed by atoms with Gasteiger partial charge in [0.2, 0.25) is 5.13 Å². The molecule has 0 aliphatic heterocycles. The highest BCUT2D eigenvalue weighted by atomic mass is 32.1. The van der Waals surface area contributed by atoms with Gasteiger partial charge in [0, 0.05) is 11.8 Å². The molecule has 0 radical (unpaired) electrons. The summed E-state index contributed by atoms with van der Waals surface area (Å²) in [6.45, 7) is 2.15. The smallest absolute Gasteiger partial charge is 0.203 e. The Morgan fingerprint density at radius 2 is 1.84 bits per heavy atom. The lowest BCUT2D eigenvalue weighted by Crippen LogP contribution is -1.80. The molecule has 0 unspecified atom stereocenters. The van der Waals surface area contributed by atoms with E-state index in [-0.39, 0.29) is 0 Å². The van der Waals surface area contributed by atoms with E-state index in [1.165, 1.54) is 16.9 Å².